The van der Waals surface area contributed by atoms with Gasteiger partial charge in [-0.05, 0) is 77.5 Å². The number of rotatable bonds is 25. The standard InChI is InChI=1S/C72H82N14O9S/c1-3-59(88)77-55-35-57(65(92)63(55)90)85-42-75-61-67(73-37-53(47-17-9-5-10-18-47)48-19-11-6-12-20-48)79-71(81-69(61)85)83-31-29-45(39-83)34-51(87)33-44-25-27-52(28-26-44)96(94,95)41-46-30-32-84(40-46)72-80-68(74-38-54(49-21-13-7-14-22-49)50-23-15-8-16-24-50)62-70(82-72)86(43-76-62)58-36-56(64(91)66(58)93)78-60(89)4-2/h5-28,42-43,45-46,53-58,63-66,90-93H,3-4,29-41H2,1-2H3,(H,77,88)(H,78,89)(H,73,79,81)(H,74,80,82)/t45-,46+,55-,56-,57+,58+,63+,64+,65-,66-/m0/s1. The number of hydrogen-bond acceptors (Lipinski definition) is 19. The van der Waals surface area contributed by atoms with Crippen molar-refractivity contribution in [3.8, 4) is 0 Å². The van der Waals surface area contributed by atoms with Crippen molar-refractivity contribution in [1.29, 1.82) is 0 Å². The first-order chi connectivity index (χ1) is 46.6. The molecule has 2 aliphatic heterocycles. The summed E-state index contributed by atoms with van der Waals surface area (Å²) >= 11 is 0. The Morgan fingerprint density at radius 1 is 0.531 bits per heavy atom. The molecule has 96 heavy (non-hydrogen) atoms. The summed E-state index contributed by atoms with van der Waals surface area (Å²) < 4.78 is 32.0. The van der Waals surface area contributed by atoms with Crippen molar-refractivity contribution in [2.24, 2.45) is 11.8 Å². The third-order valence-electron chi connectivity index (χ3n) is 19.7. The second-order valence-electron chi connectivity index (χ2n) is 26.1. The summed E-state index contributed by atoms with van der Waals surface area (Å²) in [5.74, 6) is 0.750. The first-order valence-electron chi connectivity index (χ1n) is 33.4. The van der Waals surface area contributed by atoms with E-state index in [1.807, 2.05) is 77.7 Å². The zero-order valence-electron chi connectivity index (χ0n) is 53.8. The van der Waals surface area contributed by atoms with Crippen LogP contribution in [0.2, 0.25) is 0 Å². The van der Waals surface area contributed by atoms with Crippen LogP contribution in [0.4, 0.5) is 23.5 Å². The van der Waals surface area contributed by atoms with Crippen LogP contribution in [0.5, 0.6) is 0 Å². The molecule has 0 bridgehead atoms. The molecule has 24 heteroatoms. The molecule has 2 amide bonds. The number of anilines is 4. The lowest BCUT2D eigenvalue weighted by Gasteiger charge is -2.22. The molecule has 0 unspecified atom stereocenters. The van der Waals surface area contributed by atoms with Gasteiger partial charge in [0.15, 0.2) is 43.8 Å². The third kappa shape index (κ3) is 14.1. The number of amides is 2. The highest BCUT2D eigenvalue weighted by Gasteiger charge is 2.46. The summed E-state index contributed by atoms with van der Waals surface area (Å²) in [6, 6.07) is 44.7. The maximum Gasteiger partial charge on any atom is 0.229 e. The molecule has 4 aromatic heterocycles. The lowest BCUT2D eigenvalue weighted by atomic mass is 9.91. The Hall–Kier alpha value is -9.20. The number of carbonyl (C=O) groups excluding carboxylic acids is 3. The first kappa shape index (κ1) is 65.5. The molecule has 5 aromatic carbocycles. The number of aliphatic hydroxyl groups is 4. The predicted molar refractivity (Wildman–Crippen MR) is 365 cm³/mol. The number of nitrogens with zero attached hydrogens (tertiary/aromatic N) is 10. The fourth-order valence-corrected chi connectivity index (χ4v) is 16.1. The zero-order chi connectivity index (χ0) is 66.6. The molecule has 13 rings (SSSR count). The Balaban J connectivity index is 0.678. The average molecular weight is 1320 g/mol. The number of aliphatic hydroxyl groups excluding tert-OH is 4. The van der Waals surface area contributed by atoms with E-state index in [2.05, 4.69) is 74.7 Å². The molecule has 500 valence electrons. The van der Waals surface area contributed by atoms with Gasteiger partial charge in [-0.15, -0.1) is 0 Å². The molecule has 2 saturated heterocycles. The van der Waals surface area contributed by atoms with E-state index in [0.717, 1.165) is 22.3 Å². The molecule has 8 N–H and O–H groups in total. The topological polar surface area (TPSA) is 308 Å². The number of hydrogen-bond donors (Lipinski definition) is 8. The first-order valence-corrected chi connectivity index (χ1v) is 35.1. The number of aromatic nitrogens is 8. The molecule has 4 fully saturated rings. The summed E-state index contributed by atoms with van der Waals surface area (Å²) in [4.78, 5) is 72.9. The van der Waals surface area contributed by atoms with Crippen LogP contribution >= 0.6 is 0 Å². The second kappa shape index (κ2) is 28.6. The Labute approximate surface area is 557 Å². The molecule has 2 saturated carbocycles. The number of carbonyl (C=O) groups is 3. The molecule has 6 heterocycles. The van der Waals surface area contributed by atoms with Gasteiger partial charge >= 0.3 is 0 Å². The second-order valence-corrected chi connectivity index (χ2v) is 28.1. The van der Waals surface area contributed by atoms with E-state index >= 15 is 0 Å². The largest absolute Gasteiger partial charge is 0.388 e. The van der Waals surface area contributed by atoms with Crippen LogP contribution in [0, 0.1) is 11.8 Å². The number of sulfone groups is 1. The molecule has 23 nitrogen and oxygen atoms in total. The molecule has 9 aromatic rings. The van der Waals surface area contributed by atoms with Crippen LogP contribution < -0.4 is 31.1 Å². The van der Waals surface area contributed by atoms with Gasteiger partial charge in [0.1, 0.15) is 30.2 Å². The van der Waals surface area contributed by atoms with Gasteiger partial charge in [-0.1, -0.05) is 147 Å². The Kier molecular flexibility index (Phi) is 19.5. The van der Waals surface area contributed by atoms with Crippen LogP contribution in [-0.4, -0.2) is 167 Å². The van der Waals surface area contributed by atoms with Crippen molar-refractivity contribution in [3.05, 3.63) is 186 Å². The summed E-state index contributed by atoms with van der Waals surface area (Å²) in [5.41, 5.74) is 6.94. The molecule has 2 aliphatic carbocycles. The summed E-state index contributed by atoms with van der Waals surface area (Å²) in [5, 5.41) is 58.1. The monoisotopic (exact) mass is 1320 g/mol. The van der Waals surface area contributed by atoms with Crippen molar-refractivity contribution in [1.82, 2.24) is 49.7 Å². The number of fused-ring (bicyclic) bond motifs is 2. The minimum absolute atomic E-state index is 0.0161. The van der Waals surface area contributed by atoms with Gasteiger partial charge in [-0.3, -0.25) is 14.4 Å². The van der Waals surface area contributed by atoms with Gasteiger partial charge in [0.25, 0.3) is 0 Å². The average Bonchev–Trinajstić information content (AvgIpc) is 1.62. The van der Waals surface area contributed by atoms with E-state index in [4.69, 9.17) is 29.9 Å². The number of benzene rings is 5. The van der Waals surface area contributed by atoms with Gasteiger partial charge < -0.3 is 60.6 Å². The van der Waals surface area contributed by atoms with Crippen molar-refractivity contribution < 1.29 is 43.2 Å². The third-order valence-corrected chi connectivity index (χ3v) is 21.6. The Morgan fingerprint density at radius 2 is 0.938 bits per heavy atom. The highest BCUT2D eigenvalue weighted by molar-refractivity contribution is 7.91. The normalized spacial score (nSPS) is 22.8. The van der Waals surface area contributed by atoms with E-state index < -0.39 is 58.4 Å². The maximum atomic E-state index is 14.2. The Bertz CT molecular complexity index is 4220. The molecular formula is C72H82N14O9S. The highest BCUT2D eigenvalue weighted by Crippen LogP contribution is 2.39. The minimum atomic E-state index is -3.79. The van der Waals surface area contributed by atoms with Crippen molar-refractivity contribution in [2.75, 3.05) is 65.5 Å². The lowest BCUT2D eigenvalue weighted by Crippen LogP contribution is -2.42. The number of nitrogens with one attached hydrogen (secondary N) is 4. The van der Waals surface area contributed by atoms with Crippen molar-refractivity contribution in [3.63, 3.8) is 0 Å². The molecular weight excluding hydrogens is 1240 g/mol. The molecule has 0 radical (unpaired) electrons. The zero-order valence-corrected chi connectivity index (χ0v) is 54.6. The number of imidazole rings is 2. The SMILES string of the molecule is CCC(=O)N[C@H]1C[C@@H](n2cnc3c(NCC(c4ccccc4)c4ccccc4)nc(N4CC[C@@H](CS(=O)(=O)c5ccc(CC(=O)C[C@@H]6CCN(c7nc(NCC(c8ccccc8)c8ccccc8)c8ncn([C@@H]9C[C@H](NC(=O)CC)[C@@H](O)[C@H]9O)c8n7)C6)cc5)C4)nc32)[C@H](O)[C@@H]1O. The van der Waals surface area contributed by atoms with E-state index in [1.54, 1.807) is 59.9 Å². The fraction of sp³-hybridized carbons (Fsp3) is 0.403. The fourth-order valence-electron chi connectivity index (χ4n) is 14.5. The molecule has 0 spiro atoms. The number of ketones is 1. The summed E-state index contributed by atoms with van der Waals surface area (Å²) in [7, 11) is -3.79. The van der Waals surface area contributed by atoms with Crippen LogP contribution in [0.1, 0.15) is 111 Å². The predicted octanol–water partition coefficient (Wildman–Crippen LogP) is 6.91. The van der Waals surface area contributed by atoms with E-state index in [0.29, 0.717) is 104 Å². The Morgan fingerprint density at radius 3 is 1.35 bits per heavy atom. The van der Waals surface area contributed by atoms with Crippen LogP contribution in [-0.2, 0) is 30.6 Å². The smallest absolute Gasteiger partial charge is 0.229 e. The van der Waals surface area contributed by atoms with Crippen LogP contribution in [0.25, 0.3) is 22.3 Å². The summed E-state index contributed by atoms with van der Waals surface area (Å²) in [6.45, 7) is 6.26. The highest BCUT2D eigenvalue weighted by atomic mass is 32.2. The lowest BCUT2D eigenvalue weighted by molar-refractivity contribution is -0.123. The van der Waals surface area contributed by atoms with Gasteiger partial charge in [0.2, 0.25) is 23.7 Å². The maximum absolute atomic E-state index is 14.2. The van der Waals surface area contributed by atoms with Crippen molar-refractivity contribution >= 4 is 73.3 Å². The van der Waals surface area contributed by atoms with Gasteiger partial charge in [-0.2, -0.15) is 19.9 Å². The van der Waals surface area contributed by atoms with Gasteiger partial charge in [-0.25, -0.2) is 18.4 Å². The van der Waals surface area contributed by atoms with Gasteiger partial charge in [0.05, 0.1) is 47.5 Å². The molecule has 4 aliphatic rings. The number of Topliss-reactive ketones (excluding diaryl/α,β-unsaturated/α-hetero) is 1. The van der Waals surface area contributed by atoms with Gasteiger partial charge in [0, 0.05) is 76.8 Å². The van der Waals surface area contributed by atoms with E-state index in [9.17, 15) is 43.2 Å². The molecule has 10 atom stereocenters. The van der Waals surface area contributed by atoms with Crippen molar-refractivity contribution in [2.45, 2.75) is 131 Å². The quantitative estimate of drug-likeness (QED) is 0.0288. The van der Waals surface area contributed by atoms with Crippen LogP contribution in [0.15, 0.2) is 163 Å². The summed E-state index contributed by atoms with van der Waals surface area (Å²) in [6.07, 6.45) is 0.928. The minimum Gasteiger partial charge on any atom is -0.388 e. The van der Waals surface area contributed by atoms with Crippen LogP contribution in [0.3, 0.4) is 0 Å². The van der Waals surface area contributed by atoms with E-state index in [-0.39, 0.29) is 90.4 Å². The van der Waals surface area contributed by atoms with E-state index in [1.165, 1.54) is 0 Å².